The number of carbonyl (C=O) groups is 2. The van der Waals surface area contributed by atoms with E-state index in [-0.39, 0.29) is 17.4 Å². The van der Waals surface area contributed by atoms with Gasteiger partial charge in [-0.1, -0.05) is 55.1 Å². The van der Waals surface area contributed by atoms with Gasteiger partial charge in [0.15, 0.2) is 11.0 Å². The largest absolute Gasteiger partial charge is 0.573 e. The highest BCUT2D eigenvalue weighted by Gasteiger charge is 2.32. The molecule has 1 N–H and O–H groups in total. The van der Waals surface area contributed by atoms with Crippen LogP contribution in [0.2, 0.25) is 0 Å². The molecule has 0 spiro atoms. The molecule has 0 atom stereocenters. The first kappa shape index (κ1) is 30.8. The summed E-state index contributed by atoms with van der Waals surface area (Å²) in [5.41, 5.74) is 5.19. The van der Waals surface area contributed by atoms with Crippen LogP contribution in [0.4, 0.5) is 23.7 Å². The number of nitrogens with one attached hydrogen (secondary N) is 1. The lowest BCUT2D eigenvalue weighted by molar-refractivity contribution is -0.274. The van der Waals surface area contributed by atoms with Gasteiger partial charge in [0.25, 0.3) is 0 Å². The lowest BCUT2D eigenvalue weighted by atomic mass is 10.1. The van der Waals surface area contributed by atoms with Crippen molar-refractivity contribution in [1.29, 1.82) is 0 Å². The van der Waals surface area contributed by atoms with E-state index in [9.17, 15) is 22.8 Å². The van der Waals surface area contributed by atoms with Crippen molar-refractivity contribution >= 4 is 34.6 Å². The van der Waals surface area contributed by atoms with E-state index in [0.29, 0.717) is 36.1 Å². The first-order valence-corrected chi connectivity index (χ1v) is 14.9. The van der Waals surface area contributed by atoms with Crippen molar-refractivity contribution in [2.24, 2.45) is 4.99 Å². The average Bonchev–Trinajstić information content (AvgIpc) is 3.62. The number of amidine groups is 1. The zero-order valence-electron chi connectivity index (χ0n) is 24.0. The van der Waals surface area contributed by atoms with Gasteiger partial charge in [0.05, 0.1) is 17.1 Å². The lowest BCUT2D eigenvalue weighted by Gasteiger charge is -2.20. The minimum atomic E-state index is -4.75. The summed E-state index contributed by atoms with van der Waals surface area (Å²) in [7, 11) is 0. The number of hydrogen-bond acceptors (Lipinski definition) is 6. The molecule has 3 amide bonds. The van der Waals surface area contributed by atoms with Gasteiger partial charge in [-0.3, -0.25) is 9.69 Å². The topological polar surface area (TPSA) is 102 Å². The summed E-state index contributed by atoms with van der Waals surface area (Å²) in [5.74, 6) is 0.293. The Labute approximate surface area is 256 Å². The second-order valence-corrected chi connectivity index (χ2v) is 10.9. The van der Waals surface area contributed by atoms with Crippen LogP contribution < -0.4 is 15.0 Å². The number of ether oxygens (including phenoxy) is 1. The van der Waals surface area contributed by atoms with Crippen molar-refractivity contribution in [3.63, 3.8) is 0 Å². The predicted molar refractivity (Wildman–Crippen MR) is 163 cm³/mol. The SMILES string of the molecule is CCc1ccc(C)cc1N1C(=O)CS/C1=N\C(=O)NCCCc1ccc(-c2ncn(-c3ccc(OC(F)(F)F)cc3)n2)cc1. The molecule has 0 bridgehead atoms. The number of halogens is 3. The molecule has 2 heterocycles. The van der Waals surface area contributed by atoms with Crippen LogP contribution in [0.15, 0.2) is 78.0 Å². The Bertz CT molecular complexity index is 1670. The number of benzene rings is 3. The number of aryl methyl sites for hydroxylation is 3. The van der Waals surface area contributed by atoms with Gasteiger partial charge in [-0.25, -0.2) is 14.5 Å². The highest BCUT2D eigenvalue weighted by atomic mass is 32.2. The number of anilines is 1. The van der Waals surface area contributed by atoms with E-state index in [1.54, 1.807) is 4.90 Å². The summed E-state index contributed by atoms with van der Waals surface area (Å²) < 4.78 is 42.5. The molecule has 0 unspecified atom stereocenters. The molecule has 9 nitrogen and oxygen atoms in total. The third-order valence-corrected chi connectivity index (χ3v) is 7.71. The Morgan fingerprint density at radius 2 is 1.84 bits per heavy atom. The summed E-state index contributed by atoms with van der Waals surface area (Å²) in [5, 5.41) is 7.62. The quantitative estimate of drug-likeness (QED) is 0.215. The van der Waals surface area contributed by atoms with Crippen LogP contribution in [-0.4, -0.2) is 50.5 Å². The number of carbonyl (C=O) groups excluding carboxylic acids is 2. The molecule has 1 aromatic heterocycles. The first-order chi connectivity index (χ1) is 21.1. The summed E-state index contributed by atoms with van der Waals surface area (Å²) in [4.78, 5) is 35.3. The molecule has 4 aromatic rings. The van der Waals surface area contributed by atoms with E-state index < -0.39 is 12.4 Å². The summed E-state index contributed by atoms with van der Waals surface area (Å²) in [6, 6.07) is 18.5. The first-order valence-electron chi connectivity index (χ1n) is 13.9. The minimum absolute atomic E-state index is 0.0964. The van der Waals surface area contributed by atoms with Crippen molar-refractivity contribution < 1.29 is 27.5 Å². The van der Waals surface area contributed by atoms with Gasteiger partial charge in [0.2, 0.25) is 5.91 Å². The van der Waals surface area contributed by atoms with E-state index in [0.717, 1.165) is 34.4 Å². The van der Waals surface area contributed by atoms with Crippen LogP contribution in [0.5, 0.6) is 5.75 Å². The van der Waals surface area contributed by atoms with E-state index in [2.05, 4.69) is 25.1 Å². The standard InChI is InChI=1S/C31H29F3N6O3S/c1-3-22-9-6-20(2)17-26(22)40-27(41)18-44-30(40)37-29(42)35-16-4-5-21-7-10-23(11-8-21)28-36-19-39(38-28)24-12-14-25(15-13-24)43-31(32,33)34/h6-15,17,19H,3-5,16,18H2,1-2H3,(H,35,42)/b37-30-. The zero-order chi connectivity index (χ0) is 31.3. The average molecular weight is 623 g/mol. The van der Waals surface area contributed by atoms with Crippen molar-refractivity contribution in [2.45, 2.75) is 39.5 Å². The van der Waals surface area contributed by atoms with Crippen LogP contribution in [0.1, 0.15) is 30.0 Å². The van der Waals surface area contributed by atoms with Crippen molar-refractivity contribution in [2.75, 3.05) is 17.2 Å². The molecule has 1 saturated heterocycles. The number of aliphatic imine (C=N–C) groups is 1. The number of alkyl halides is 3. The number of rotatable bonds is 9. The van der Waals surface area contributed by atoms with Crippen LogP contribution in [0, 0.1) is 6.92 Å². The number of nitrogens with zero attached hydrogens (tertiary/aromatic N) is 5. The number of urea groups is 1. The van der Waals surface area contributed by atoms with Gasteiger partial charge in [-0.15, -0.1) is 18.3 Å². The molecule has 1 aliphatic heterocycles. The minimum Gasteiger partial charge on any atom is -0.406 e. The Kier molecular flexibility index (Phi) is 9.33. The summed E-state index contributed by atoms with van der Waals surface area (Å²) >= 11 is 1.26. The van der Waals surface area contributed by atoms with Crippen LogP contribution in [0.25, 0.3) is 17.1 Å². The van der Waals surface area contributed by atoms with Crippen molar-refractivity contribution in [1.82, 2.24) is 20.1 Å². The monoisotopic (exact) mass is 622 g/mol. The zero-order valence-corrected chi connectivity index (χ0v) is 24.8. The lowest BCUT2D eigenvalue weighted by Crippen LogP contribution is -2.32. The maximum atomic E-state index is 12.6. The van der Waals surface area contributed by atoms with E-state index >= 15 is 0 Å². The summed E-state index contributed by atoms with van der Waals surface area (Å²) in [6.45, 7) is 4.40. The van der Waals surface area contributed by atoms with Crippen molar-refractivity contribution in [3.05, 3.63) is 89.7 Å². The molecule has 13 heteroatoms. The van der Waals surface area contributed by atoms with Gasteiger partial charge in [-0.05, 0) is 73.2 Å². The molecule has 0 radical (unpaired) electrons. The molecule has 1 aliphatic rings. The molecular formula is C31H29F3N6O3S. The summed E-state index contributed by atoms with van der Waals surface area (Å²) in [6.07, 6.45) is -1.11. The second kappa shape index (κ2) is 13.3. The molecule has 3 aromatic carbocycles. The fraction of sp³-hybridized carbons (Fsp3) is 0.258. The number of thioether (sulfide) groups is 1. The fourth-order valence-electron chi connectivity index (χ4n) is 4.62. The molecule has 44 heavy (non-hydrogen) atoms. The molecule has 5 rings (SSSR count). The van der Waals surface area contributed by atoms with Crippen LogP contribution in [-0.2, 0) is 17.6 Å². The second-order valence-electron chi connectivity index (χ2n) is 9.98. The number of aromatic nitrogens is 3. The van der Waals surface area contributed by atoms with Gasteiger partial charge in [-0.2, -0.15) is 4.99 Å². The third kappa shape index (κ3) is 7.64. The number of hydrogen-bond donors (Lipinski definition) is 1. The molecule has 1 fully saturated rings. The van der Waals surface area contributed by atoms with Crippen molar-refractivity contribution in [3.8, 4) is 22.8 Å². The Morgan fingerprint density at radius 1 is 1.09 bits per heavy atom. The van der Waals surface area contributed by atoms with Gasteiger partial charge in [0, 0.05) is 12.1 Å². The van der Waals surface area contributed by atoms with Crippen LogP contribution >= 0.6 is 11.8 Å². The smallest absolute Gasteiger partial charge is 0.406 e. The van der Waals surface area contributed by atoms with E-state index in [1.807, 2.05) is 56.3 Å². The van der Waals surface area contributed by atoms with Gasteiger partial charge < -0.3 is 10.1 Å². The normalized spacial score (nSPS) is 14.3. The van der Waals surface area contributed by atoms with Gasteiger partial charge >= 0.3 is 12.4 Å². The Balaban J connectivity index is 1.12. The van der Waals surface area contributed by atoms with Crippen LogP contribution in [0.3, 0.4) is 0 Å². The maximum Gasteiger partial charge on any atom is 0.573 e. The predicted octanol–water partition coefficient (Wildman–Crippen LogP) is 6.48. The molecular weight excluding hydrogens is 593 g/mol. The number of amides is 3. The highest BCUT2D eigenvalue weighted by Crippen LogP contribution is 2.31. The highest BCUT2D eigenvalue weighted by molar-refractivity contribution is 8.15. The van der Waals surface area contributed by atoms with Gasteiger partial charge in [0.1, 0.15) is 12.1 Å². The fourth-order valence-corrected chi connectivity index (χ4v) is 5.48. The Hall–Kier alpha value is -4.65. The van der Waals surface area contributed by atoms with E-state index in [1.165, 1.54) is 47.0 Å². The maximum absolute atomic E-state index is 12.6. The third-order valence-electron chi connectivity index (χ3n) is 6.78. The Morgan fingerprint density at radius 3 is 2.55 bits per heavy atom. The van der Waals surface area contributed by atoms with E-state index in [4.69, 9.17) is 0 Å². The molecule has 0 saturated carbocycles. The molecule has 228 valence electrons. The molecule has 0 aliphatic carbocycles.